The topological polar surface area (TPSA) is 98.3 Å². The van der Waals surface area contributed by atoms with Crippen molar-refractivity contribution >= 4 is 5.82 Å². The summed E-state index contributed by atoms with van der Waals surface area (Å²) in [5, 5.41) is 17.6. The van der Waals surface area contributed by atoms with Crippen LogP contribution in [0.1, 0.15) is 5.56 Å². The zero-order valence-corrected chi connectivity index (χ0v) is 11.6. The summed E-state index contributed by atoms with van der Waals surface area (Å²) in [6.45, 7) is 0. The van der Waals surface area contributed by atoms with Gasteiger partial charge in [-0.2, -0.15) is 15.5 Å². The first-order valence-electron chi connectivity index (χ1n) is 6.27. The maximum atomic E-state index is 9.32. The fourth-order valence-electron chi connectivity index (χ4n) is 2.17. The lowest BCUT2D eigenvalue weighted by atomic mass is 10.0. The monoisotopic (exact) mass is 279 g/mol. The summed E-state index contributed by atoms with van der Waals surface area (Å²) >= 11 is 0. The number of nitrogens with zero attached hydrogens (tertiary/aromatic N) is 6. The lowest BCUT2D eigenvalue weighted by Gasteiger charge is -2.07. The van der Waals surface area contributed by atoms with E-state index in [1.54, 1.807) is 21.8 Å². The number of nitriles is 1. The average molecular weight is 279 g/mol. The Labute approximate surface area is 121 Å². The highest BCUT2D eigenvalue weighted by Gasteiger charge is 2.15. The van der Waals surface area contributed by atoms with Gasteiger partial charge in [-0.15, -0.1) is 0 Å². The predicted molar refractivity (Wildman–Crippen MR) is 77.8 cm³/mol. The van der Waals surface area contributed by atoms with E-state index in [4.69, 9.17) is 5.73 Å². The van der Waals surface area contributed by atoms with Crippen molar-refractivity contribution in [3.63, 3.8) is 0 Å². The third-order valence-electron chi connectivity index (χ3n) is 3.18. The van der Waals surface area contributed by atoms with Crippen LogP contribution in [0.2, 0.25) is 0 Å². The van der Waals surface area contributed by atoms with Crippen molar-refractivity contribution in [3.05, 3.63) is 36.4 Å². The zero-order chi connectivity index (χ0) is 15.0. The molecule has 21 heavy (non-hydrogen) atoms. The smallest absolute Gasteiger partial charge is 0.142 e. The lowest BCUT2D eigenvalue weighted by Crippen LogP contribution is -1.99. The molecule has 0 radical (unpaired) electrons. The molecule has 0 aliphatic rings. The van der Waals surface area contributed by atoms with Crippen LogP contribution in [0.3, 0.4) is 0 Å². The molecule has 0 unspecified atom stereocenters. The molecule has 2 N–H and O–H groups in total. The Kier molecular flexibility index (Phi) is 2.92. The molecule has 0 bridgehead atoms. The van der Waals surface area contributed by atoms with Gasteiger partial charge in [0.05, 0.1) is 18.1 Å². The fourth-order valence-corrected chi connectivity index (χ4v) is 2.17. The molecule has 0 aliphatic carbocycles. The lowest BCUT2D eigenvalue weighted by molar-refractivity contribution is 0.768. The minimum absolute atomic E-state index is 0.206. The molecule has 104 valence electrons. The van der Waals surface area contributed by atoms with E-state index in [2.05, 4.69) is 21.3 Å². The van der Waals surface area contributed by atoms with Crippen LogP contribution in [0.25, 0.3) is 22.4 Å². The molecule has 7 nitrogen and oxygen atoms in total. The van der Waals surface area contributed by atoms with Crippen molar-refractivity contribution in [2.75, 3.05) is 5.73 Å². The van der Waals surface area contributed by atoms with Gasteiger partial charge in [0, 0.05) is 43.2 Å². The summed E-state index contributed by atoms with van der Waals surface area (Å²) in [6.07, 6.45) is 7.09. The predicted octanol–water partition coefficient (Wildman–Crippen LogP) is 1.34. The van der Waals surface area contributed by atoms with E-state index < -0.39 is 0 Å². The van der Waals surface area contributed by atoms with Crippen LogP contribution in [0, 0.1) is 11.3 Å². The third kappa shape index (κ3) is 2.23. The highest BCUT2D eigenvalue weighted by Crippen LogP contribution is 2.30. The summed E-state index contributed by atoms with van der Waals surface area (Å²) in [4.78, 5) is 4.30. The van der Waals surface area contributed by atoms with E-state index in [0.717, 1.165) is 16.7 Å². The Bertz CT molecular complexity index is 851. The van der Waals surface area contributed by atoms with Crippen LogP contribution in [0.15, 0.2) is 30.9 Å². The van der Waals surface area contributed by atoms with Gasteiger partial charge in [0.2, 0.25) is 0 Å². The Balaban J connectivity index is 2.22. The van der Waals surface area contributed by atoms with Crippen molar-refractivity contribution in [2.45, 2.75) is 0 Å². The first-order chi connectivity index (χ1) is 10.1. The zero-order valence-electron chi connectivity index (χ0n) is 11.6. The first kappa shape index (κ1) is 12.9. The summed E-state index contributed by atoms with van der Waals surface area (Å²) in [5.41, 5.74) is 9.36. The van der Waals surface area contributed by atoms with Gasteiger partial charge in [-0.3, -0.25) is 9.36 Å². The molecule has 0 amide bonds. The molecule has 3 heterocycles. The molecule has 0 spiro atoms. The number of nitrogen functional groups attached to an aromatic ring is 1. The van der Waals surface area contributed by atoms with Gasteiger partial charge in [0.25, 0.3) is 0 Å². The van der Waals surface area contributed by atoms with Crippen molar-refractivity contribution in [1.29, 1.82) is 5.26 Å². The van der Waals surface area contributed by atoms with Crippen molar-refractivity contribution in [3.8, 4) is 28.5 Å². The molecule has 3 rings (SSSR count). The number of pyridine rings is 1. The summed E-state index contributed by atoms with van der Waals surface area (Å²) in [7, 11) is 3.65. The second-order valence-electron chi connectivity index (χ2n) is 4.73. The number of rotatable bonds is 2. The molecule has 0 aromatic carbocycles. The molecule has 0 aliphatic heterocycles. The maximum absolute atomic E-state index is 9.32. The van der Waals surface area contributed by atoms with Crippen LogP contribution in [-0.4, -0.2) is 24.5 Å². The van der Waals surface area contributed by atoms with Crippen molar-refractivity contribution in [2.24, 2.45) is 14.1 Å². The summed E-state index contributed by atoms with van der Waals surface area (Å²) < 4.78 is 3.37. The number of aromatic nitrogens is 5. The molecular weight excluding hydrogens is 266 g/mol. The van der Waals surface area contributed by atoms with Crippen LogP contribution < -0.4 is 5.73 Å². The van der Waals surface area contributed by atoms with Crippen LogP contribution in [0.4, 0.5) is 5.82 Å². The quantitative estimate of drug-likeness (QED) is 0.763. The largest absolute Gasteiger partial charge is 0.383 e. The van der Waals surface area contributed by atoms with E-state index in [-0.39, 0.29) is 5.82 Å². The SMILES string of the molecule is Cn1cc(-c2cc(-c3cnn(C)c3)c(C#N)c(N)n2)cn1. The van der Waals surface area contributed by atoms with Gasteiger partial charge in [-0.25, -0.2) is 4.98 Å². The van der Waals surface area contributed by atoms with Gasteiger partial charge in [0.15, 0.2) is 0 Å². The Morgan fingerprint density at radius 2 is 1.71 bits per heavy atom. The van der Waals surface area contributed by atoms with Gasteiger partial charge >= 0.3 is 0 Å². The maximum Gasteiger partial charge on any atom is 0.142 e. The molecule has 0 saturated heterocycles. The molecule has 3 aromatic heterocycles. The van der Waals surface area contributed by atoms with Gasteiger partial charge in [-0.1, -0.05) is 0 Å². The second kappa shape index (κ2) is 4.76. The van der Waals surface area contributed by atoms with Crippen LogP contribution in [0.5, 0.6) is 0 Å². The Hall–Kier alpha value is -3.14. The Morgan fingerprint density at radius 3 is 2.24 bits per heavy atom. The number of anilines is 1. The van der Waals surface area contributed by atoms with E-state index >= 15 is 0 Å². The average Bonchev–Trinajstić information content (AvgIpc) is 3.06. The van der Waals surface area contributed by atoms with E-state index in [1.807, 2.05) is 32.6 Å². The van der Waals surface area contributed by atoms with Crippen molar-refractivity contribution in [1.82, 2.24) is 24.5 Å². The number of hydrogen-bond donors (Lipinski definition) is 1. The van der Waals surface area contributed by atoms with Gasteiger partial charge in [0.1, 0.15) is 17.5 Å². The molecule has 0 saturated carbocycles. The molecule has 3 aromatic rings. The van der Waals surface area contributed by atoms with E-state index in [0.29, 0.717) is 11.3 Å². The van der Waals surface area contributed by atoms with Crippen molar-refractivity contribution < 1.29 is 0 Å². The summed E-state index contributed by atoms with van der Waals surface area (Å²) in [5.74, 6) is 0.206. The van der Waals surface area contributed by atoms with Crippen LogP contribution >= 0.6 is 0 Å². The highest BCUT2D eigenvalue weighted by molar-refractivity contribution is 5.79. The van der Waals surface area contributed by atoms with Gasteiger partial charge in [-0.05, 0) is 6.07 Å². The third-order valence-corrected chi connectivity index (χ3v) is 3.18. The Morgan fingerprint density at radius 1 is 1.10 bits per heavy atom. The van der Waals surface area contributed by atoms with E-state index in [1.165, 1.54) is 0 Å². The molecular formula is C14H13N7. The fraction of sp³-hybridized carbons (Fsp3) is 0.143. The molecule has 7 heteroatoms. The van der Waals surface area contributed by atoms with Crippen LogP contribution in [-0.2, 0) is 14.1 Å². The first-order valence-corrected chi connectivity index (χ1v) is 6.27. The summed E-state index contributed by atoms with van der Waals surface area (Å²) in [6, 6.07) is 3.95. The number of nitrogens with two attached hydrogens (primary N) is 1. The highest BCUT2D eigenvalue weighted by atomic mass is 15.2. The number of aryl methyl sites for hydroxylation is 2. The van der Waals surface area contributed by atoms with E-state index in [9.17, 15) is 5.26 Å². The minimum Gasteiger partial charge on any atom is -0.383 e. The second-order valence-corrected chi connectivity index (χ2v) is 4.73. The molecule has 0 fully saturated rings. The normalized spacial score (nSPS) is 10.5. The minimum atomic E-state index is 0.206. The standard InChI is InChI=1S/C14H13N7/c1-20-7-9(5-17-20)11-3-13(10-6-18-21(2)8-10)19-14(16)12(11)4-15/h3,5-8H,1-2H3,(H2,16,19). The van der Waals surface area contributed by atoms with Gasteiger partial charge < -0.3 is 5.73 Å². The molecule has 0 atom stereocenters. The number of hydrogen-bond acceptors (Lipinski definition) is 5.